The van der Waals surface area contributed by atoms with Crippen LogP contribution in [0.25, 0.3) is 6.08 Å². The van der Waals surface area contributed by atoms with E-state index >= 15 is 0 Å². The Bertz CT molecular complexity index is 643. The molecule has 24 heavy (non-hydrogen) atoms. The third-order valence-electron chi connectivity index (χ3n) is 3.79. The molecule has 128 valence electrons. The van der Waals surface area contributed by atoms with E-state index in [9.17, 15) is 10.1 Å². The van der Waals surface area contributed by atoms with Crippen molar-refractivity contribution in [3.05, 3.63) is 34.9 Å². The van der Waals surface area contributed by atoms with E-state index in [0.29, 0.717) is 6.61 Å². The van der Waals surface area contributed by atoms with Gasteiger partial charge in [-0.3, -0.25) is 0 Å². The lowest BCUT2D eigenvalue weighted by atomic mass is 10.0. The second kappa shape index (κ2) is 9.06. The van der Waals surface area contributed by atoms with Crippen molar-refractivity contribution in [2.24, 2.45) is 0 Å². The molecule has 1 heterocycles. The minimum Gasteiger partial charge on any atom is -0.459 e. The van der Waals surface area contributed by atoms with Gasteiger partial charge in [-0.2, -0.15) is 5.26 Å². The highest BCUT2D eigenvalue weighted by atomic mass is 16.6. The first kappa shape index (κ1) is 18.0. The zero-order valence-electron chi connectivity index (χ0n) is 14.1. The van der Waals surface area contributed by atoms with Crippen LogP contribution in [0.5, 0.6) is 0 Å². The number of esters is 1. The monoisotopic (exact) mass is 330 g/mol. The number of hydrogen-bond acceptors (Lipinski definition) is 6. The smallest absolute Gasteiger partial charge is 0.348 e. The van der Waals surface area contributed by atoms with Crippen LogP contribution in [-0.2, 0) is 19.0 Å². The van der Waals surface area contributed by atoms with E-state index in [1.807, 2.05) is 25.1 Å². The van der Waals surface area contributed by atoms with Crippen LogP contribution in [-0.4, -0.2) is 52.6 Å². The number of ether oxygens (including phenoxy) is 3. The van der Waals surface area contributed by atoms with Crippen LogP contribution in [0.15, 0.2) is 23.8 Å². The van der Waals surface area contributed by atoms with E-state index in [2.05, 4.69) is 11.0 Å². The Morgan fingerprint density at radius 1 is 1.38 bits per heavy atom. The second-order valence-corrected chi connectivity index (χ2v) is 5.44. The number of nitriles is 1. The number of anilines is 1. The normalized spacial score (nSPS) is 15.0. The van der Waals surface area contributed by atoms with Crippen LogP contribution < -0.4 is 4.90 Å². The first-order valence-electron chi connectivity index (χ1n) is 7.87. The number of hydrogen-bond donors (Lipinski definition) is 0. The minimum absolute atomic E-state index is 0.0201. The van der Waals surface area contributed by atoms with Crippen LogP contribution in [0, 0.1) is 18.3 Å². The van der Waals surface area contributed by atoms with Gasteiger partial charge >= 0.3 is 5.97 Å². The summed E-state index contributed by atoms with van der Waals surface area (Å²) >= 11 is 0. The largest absolute Gasteiger partial charge is 0.459 e. The molecule has 1 aliphatic heterocycles. The topological polar surface area (TPSA) is 71.8 Å². The SMILES string of the molecule is COCCOC(=O)/C(C#N)=C/c1ccc(N2CCOCC2)cc1C. The van der Waals surface area contributed by atoms with Gasteiger partial charge in [0.05, 0.1) is 19.8 Å². The van der Waals surface area contributed by atoms with E-state index in [4.69, 9.17) is 14.2 Å². The van der Waals surface area contributed by atoms with Crippen LogP contribution in [0.2, 0.25) is 0 Å². The quantitative estimate of drug-likeness (QED) is 0.343. The number of aryl methyl sites for hydroxylation is 1. The Balaban J connectivity index is 2.12. The highest BCUT2D eigenvalue weighted by Gasteiger charge is 2.14. The summed E-state index contributed by atoms with van der Waals surface area (Å²) in [6, 6.07) is 7.87. The molecule has 0 aromatic heterocycles. The van der Waals surface area contributed by atoms with Crippen molar-refractivity contribution in [1.82, 2.24) is 0 Å². The fraction of sp³-hybridized carbons (Fsp3) is 0.444. The molecule has 0 radical (unpaired) electrons. The predicted octanol–water partition coefficient (Wildman–Crippen LogP) is 1.93. The summed E-state index contributed by atoms with van der Waals surface area (Å²) in [4.78, 5) is 14.1. The summed E-state index contributed by atoms with van der Waals surface area (Å²) in [5.74, 6) is -0.633. The van der Waals surface area contributed by atoms with Crippen LogP contribution in [0.1, 0.15) is 11.1 Å². The van der Waals surface area contributed by atoms with Gasteiger partial charge in [-0.05, 0) is 36.3 Å². The van der Waals surface area contributed by atoms with Crippen molar-refractivity contribution in [1.29, 1.82) is 5.26 Å². The number of carbonyl (C=O) groups excluding carboxylic acids is 1. The average molecular weight is 330 g/mol. The van der Waals surface area contributed by atoms with E-state index < -0.39 is 5.97 Å². The highest BCUT2D eigenvalue weighted by Crippen LogP contribution is 2.22. The molecule has 0 saturated carbocycles. The van der Waals surface area contributed by atoms with E-state index in [1.54, 1.807) is 6.08 Å². The first-order valence-corrected chi connectivity index (χ1v) is 7.87. The van der Waals surface area contributed by atoms with Crippen molar-refractivity contribution in [3.63, 3.8) is 0 Å². The molecule has 1 saturated heterocycles. The summed E-state index contributed by atoms with van der Waals surface area (Å²) in [5, 5.41) is 9.19. The Morgan fingerprint density at radius 3 is 2.75 bits per heavy atom. The molecule has 1 aromatic carbocycles. The first-order chi connectivity index (χ1) is 11.7. The molecule has 0 N–H and O–H groups in total. The maximum Gasteiger partial charge on any atom is 0.348 e. The van der Waals surface area contributed by atoms with Gasteiger partial charge in [0.2, 0.25) is 0 Å². The minimum atomic E-state index is -0.633. The van der Waals surface area contributed by atoms with Gasteiger partial charge in [0.25, 0.3) is 0 Å². The number of benzene rings is 1. The van der Waals surface area contributed by atoms with Gasteiger partial charge in [-0.25, -0.2) is 4.79 Å². The van der Waals surface area contributed by atoms with Gasteiger partial charge in [-0.1, -0.05) is 6.07 Å². The molecule has 1 aromatic rings. The molecule has 6 heteroatoms. The Hall–Kier alpha value is -2.36. The highest BCUT2D eigenvalue weighted by molar-refractivity contribution is 5.98. The molecule has 2 rings (SSSR count). The van der Waals surface area contributed by atoms with Gasteiger partial charge in [-0.15, -0.1) is 0 Å². The molecular weight excluding hydrogens is 308 g/mol. The number of nitrogens with zero attached hydrogens (tertiary/aromatic N) is 2. The van der Waals surface area contributed by atoms with E-state index in [0.717, 1.165) is 43.1 Å². The van der Waals surface area contributed by atoms with Gasteiger partial charge in [0.1, 0.15) is 18.2 Å². The Morgan fingerprint density at radius 2 is 2.12 bits per heavy atom. The summed E-state index contributed by atoms with van der Waals surface area (Å²) in [7, 11) is 1.52. The fourth-order valence-corrected chi connectivity index (χ4v) is 2.43. The molecule has 6 nitrogen and oxygen atoms in total. The lowest BCUT2D eigenvalue weighted by Crippen LogP contribution is -2.36. The number of carbonyl (C=O) groups is 1. The van der Waals surface area contributed by atoms with E-state index in [-0.39, 0.29) is 12.2 Å². The molecule has 0 atom stereocenters. The summed E-state index contributed by atoms with van der Waals surface area (Å²) in [5.41, 5.74) is 2.92. The van der Waals surface area contributed by atoms with Crippen molar-refractivity contribution >= 4 is 17.7 Å². The maximum atomic E-state index is 11.9. The standard InChI is InChI=1S/C18H22N2O4/c1-14-11-17(20-5-7-23-8-6-20)4-3-15(14)12-16(13-19)18(21)24-10-9-22-2/h3-4,11-12H,5-10H2,1-2H3/b16-12+. The molecule has 0 aliphatic carbocycles. The summed E-state index contributed by atoms with van der Waals surface area (Å²) in [6.45, 7) is 5.58. The van der Waals surface area contributed by atoms with Crippen LogP contribution in [0.3, 0.4) is 0 Å². The van der Waals surface area contributed by atoms with Gasteiger partial charge in [0.15, 0.2) is 0 Å². The molecule has 1 aliphatic rings. The Labute approximate surface area is 142 Å². The third kappa shape index (κ3) is 4.82. The molecule has 0 amide bonds. The number of methoxy groups -OCH3 is 1. The molecule has 0 bridgehead atoms. The zero-order chi connectivity index (χ0) is 17.4. The second-order valence-electron chi connectivity index (χ2n) is 5.44. The zero-order valence-corrected chi connectivity index (χ0v) is 14.1. The van der Waals surface area contributed by atoms with E-state index in [1.165, 1.54) is 7.11 Å². The van der Waals surface area contributed by atoms with Crippen LogP contribution in [0.4, 0.5) is 5.69 Å². The van der Waals surface area contributed by atoms with Crippen molar-refractivity contribution in [2.45, 2.75) is 6.92 Å². The Kier molecular flexibility index (Phi) is 6.79. The third-order valence-corrected chi connectivity index (χ3v) is 3.79. The van der Waals surface area contributed by atoms with Crippen molar-refractivity contribution in [3.8, 4) is 6.07 Å². The maximum absolute atomic E-state index is 11.9. The molecule has 0 unspecified atom stereocenters. The molecule has 0 spiro atoms. The van der Waals surface area contributed by atoms with Crippen molar-refractivity contribution in [2.75, 3.05) is 51.5 Å². The van der Waals surface area contributed by atoms with Gasteiger partial charge in [0, 0.05) is 25.9 Å². The average Bonchev–Trinajstić information content (AvgIpc) is 2.61. The summed E-state index contributed by atoms with van der Waals surface area (Å²) < 4.78 is 15.2. The van der Waals surface area contributed by atoms with Crippen LogP contribution >= 0.6 is 0 Å². The van der Waals surface area contributed by atoms with Gasteiger partial charge < -0.3 is 19.1 Å². The summed E-state index contributed by atoms with van der Waals surface area (Å²) in [6.07, 6.45) is 1.56. The molecule has 1 fully saturated rings. The fourth-order valence-electron chi connectivity index (χ4n) is 2.43. The lowest BCUT2D eigenvalue weighted by Gasteiger charge is -2.29. The predicted molar refractivity (Wildman–Crippen MR) is 90.6 cm³/mol. The molecular formula is C18H22N2O4. The van der Waals surface area contributed by atoms with Crippen molar-refractivity contribution < 1.29 is 19.0 Å². The lowest BCUT2D eigenvalue weighted by molar-refractivity contribution is -0.139. The number of rotatable bonds is 6. The number of morpholine rings is 1.